The molecule has 10 aromatic rings. The first kappa shape index (κ1) is 58.4. The summed E-state index contributed by atoms with van der Waals surface area (Å²) in [7, 11) is 0. The summed E-state index contributed by atoms with van der Waals surface area (Å²) in [5.74, 6) is 0.497. The van der Waals surface area contributed by atoms with E-state index >= 15 is 0 Å². The van der Waals surface area contributed by atoms with Gasteiger partial charge in [0, 0.05) is 28.4 Å². The Morgan fingerprint density at radius 3 is 0.786 bits per heavy atom. The van der Waals surface area contributed by atoms with E-state index in [9.17, 15) is 0 Å². The highest BCUT2D eigenvalue weighted by Gasteiger charge is 2.18. The minimum Gasteiger partial charge on any atom is -0.311 e. The number of aryl methyl sites for hydroxylation is 2. The van der Waals surface area contributed by atoms with Crippen LogP contribution in [0.5, 0.6) is 0 Å². The monoisotopic (exact) mass is 1090 g/mol. The first-order chi connectivity index (χ1) is 41.4. The lowest BCUT2D eigenvalue weighted by atomic mass is 10.0. The summed E-state index contributed by atoms with van der Waals surface area (Å²) >= 11 is 0. The fraction of sp³-hybridized carbons (Fsp3) is 0.0732. The fourth-order valence-electron chi connectivity index (χ4n) is 9.72. The Kier molecular flexibility index (Phi) is 21.6. The largest absolute Gasteiger partial charge is 0.311 e. The van der Waals surface area contributed by atoms with E-state index in [1.807, 2.05) is 24.3 Å². The van der Waals surface area contributed by atoms with Crippen LogP contribution in [0.4, 0.5) is 34.1 Å². The van der Waals surface area contributed by atoms with Gasteiger partial charge in [-0.25, -0.2) is 0 Å². The molecule has 10 rings (SSSR count). The molecule has 0 fully saturated rings. The minimum atomic E-state index is 0.497. The van der Waals surface area contributed by atoms with E-state index < -0.39 is 0 Å². The van der Waals surface area contributed by atoms with Gasteiger partial charge in [-0.3, -0.25) is 0 Å². The van der Waals surface area contributed by atoms with Crippen LogP contribution in [0.1, 0.15) is 87.9 Å². The van der Waals surface area contributed by atoms with Crippen LogP contribution in [-0.2, 0) is 6.42 Å². The maximum absolute atomic E-state index is 2.39. The van der Waals surface area contributed by atoms with E-state index in [2.05, 4.69) is 371 Å². The number of nitrogens with zero attached hydrogens (tertiary/aromatic N) is 2. The molecule has 0 aliphatic rings. The van der Waals surface area contributed by atoms with Crippen molar-refractivity contribution in [2.45, 2.75) is 40.0 Å². The fourth-order valence-corrected chi connectivity index (χ4v) is 9.72. The highest BCUT2D eigenvalue weighted by Crippen LogP contribution is 2.40. The van der Waals surface area contributed by atoms with Gasteiger partial charge in [-0.1, -0.05) is 318 Å². The number of hydrogen-bond donors (Lipinski definition) is 0. The molecule has 0 aliphatic heterocycles. The van der Waals surface area contributed by atoms with Crippen LogP contribution in [0.3, 0.4) is 0 Å². The highest BCUT2D eigenvalue weighted by atomic mass is 15.1. The van der Waals surface area contributed by atoms with Crippen molar-refractivity contribution in [3.8, 4) is 0 Å². The second kappa shape index (κ2) is 31.1. The maximum atomic E-state index is 2.39. The first-order valence-electron chi connectivity index (χ1n) is 29.1. The molecule has 0 aromatic heterocycles. The summed E-state index contributed by atoms with van der Waals surface area (Å²) in [5, 5.41) is 0. The maximum Gasteiger partial charge on any atom is 0.0522 e. The molecule has 0 atom stereocenters. The molecule has 0 heterocycles. The number of benzene rings is 10. The molecule has 0 amide bonds. The average molecular weight is 1090 g/mol. The SMILES string of the molecule is CC(C)c1ccc(N(c2ccc(/C=C/C=C/c3ccccc3)cc2)c2ccc(/C=C/C=C/c3ccccc3)cc2)cc1.CCc1cccc(C)c1N(c1ccc(/C=C/C=C/c2ccccc2)cc1)c1ccc(/C=C/C=C/c2ccccc2)cc1. The van der Waals surface area contributed by atoms with Gasteiger partial charge in [-0.2, -0.15) is 0 Å². The number of anilines is 6. The molecule has 0 saturated carbocycles. The molecule has 0 unspecified atom stereocenters. The molecule has 412 valence electrons. The first-order valence-corrected chi connectivity index (χ1v) is 29.1. The van der Waals surface area contributed by atoms with Crippen molar-refractivity contribution in [2.24, 2.45) is 0 Å². The molecule has 0 aliphatic carbocycles. The van der Waals surface area contributed by atoms with Crippen LogP contribution in [0.25, 0.3) is 48.6 Å². The Labute approximate surface area is 500 Å². The van der Waals surface area contributed by atoms with E-state index in [0.717, 1.165) is 46.0 Å². The van der Waals surface area contributed by atoms with Gasteiger partial charge in [-0.05, 0) is 141 Å². The standard InChI is InChI=1S/2C41H37N/c1-33(2)38-25-31-41(32-26-38)42(39-27-21-36(22-28-39)19-11-9-17-34-13-5-3-6-14-34)40-29-23-37(24-30-40)20-12-10-18-35-15-7-4-8-16-35;1-3-38-24-14-15-33(2)41(38)42(39-29-25-36(26-30-39)22-12-10-20-34-16-6-4-7-17-34)40-31-27-37(28-32-40)23-13-11-21-35-18-8-5-9-19-35/h3-33H,1-2H3;4-32H,3H2,1-2H3/b17-9+,18-10+,19-11+,20-12+;20-10+,21-11+,22-12+,23-13+. The van der Waals surface area contributed by atoms with E-state index in [-0.39, 0.29) is 0 Å². The molecule has 10 aromatic carbocycles. The Balaban J connectivity index is 0.000000202. The van der Waals surface area contributed by atoms with E-state index in [0.29, 0.717) is 5.92 Å². The number of rotatable bonds is 20. The van der Waals surface area contributed by atoms with Gasteiger partial charge in [0.05, 0.1) is 5.69 Å². The molecule has 84 heavy (non-hydrogen) atoms. The third-order valence-electron chi connectivity index (χ3n) is 14.3. The summed E-state index contributed by atoms with van der Waals surface area (Å²) in [5.41, 5.74) is 20.3. The molecule has 0 bridgehead atoms. The lowest BCUT2D eigenvalue weighted by Gasteiger charge is -2.29. The average Bonchev–Trinajstić information content (AvgIpc) is 3.68. The lowest BCUT2D eigenvalue weighted by Crippen LogP contribution is -2.13. The van der Waals surface area contributed by atoms with Crippen LogP contribution < -0.4 is 9.80 Å². The van der Waals surface area contributed by atoms with Crippen molar-refractivity contribution in [3.05, 3.63) is 371 Å². The topological polar surface area (TPSA) is 6.48 Å². The van der Waals surface area contributed by atoms with Crippen molar-refractivity contribution in [1.82, 2.24) is 0 Å². The molecule has 2 heteroatoms. The van der Waals surface area contributed by atoms with Crippen LogP contribution in [0, 0.1) is 6.92 Å². The van der Waals surface area contributed by atoms with Crippen LogP contribution >= 0.6 is 0 Å². The summed E-state index contributed by atoms with van der Waals surface area (Å²) in [6, 6.07) is 92.0. The zero-order valence-corrected chi connectivity index (χ0v) is 48.7. The Bertz CT molecular complexity index is 3620. The summed E-state index contributed by atoms with van der Waals surface area (Å²) < 4.78 is 0. The van der Waals surface area contributed by atoms with Gasteiger partial charge in [0.1, 0.15) is 0 Å². The predicted octanol–water partition coefficient (Wildman–Crippen LogP) is 23.2. The molecular weight excluding hydrogens is 1010 g/mol. The third kappa shape index (κ3) is 17.4. The smallest absolute Gasteiger partial charge is 0.0522 e. The number of hydrogen-bond acceptors (Lipinski definition) is 2. The van der Waals surface area contributed by atoms with Gasteiger partial charge in [-0.15, -0.1) is 0 Å². The molecule has 2 nitrogen and oxygen atoms in total. The van der Waals surface area contributed by atoms with E-state index in [4.69, 9.17) is 0 Å². The van der Waals surface area contributed by atoms with Crippen molar-refractivity contribution < 1.29 is 0 Å². The number of allylic oxidation sites excluding steroid dienone is 8. The van der Waals surface area contributed by atoms with Gasteiger partial charge in [0.25, 0.3) is 0 Å². The van der Waals surface area contributed by atoms with Gasteiger partial charge in [0.2, 0.25) is 0 Å². The molecule has 0 saturated heterocycles. The Morgan fingerprint density at radius 1 is 0.274 bits per heavy atom. The normalized spacial score (nSPS) is 11.8. The van der Waals surface area contributed by atoms with Crippen LogP contribution in [0.2, 0.25) is 0 Å². The molecule has 0 spiro atoms. The Morgan fingerprint density at radius 2 is 0.524 bits per heavy atom. The zero-order chi connectivity index (χ0) is 58.0. The number of para-hydroxylation sites is 1. The van der Waals surface area contributed by atoms with Gasteiger partial charge < -0.3 is 9.80 Å². The van der Waals surface area contributed by atoms with Gasteiger partial charge in [0.15, 0.2) is 0 Å². The van der Waals surface area contributed by atoms with Gasteiger partial charge >= 0.3 is 0 Å². The summed E-state index contributed by atoms with van der Waals surface area (Å²) in [6.45, 7) is 8.89. The molecule has 0 N–H and O–H groups in total. The zero-order valence-electron chi connectivity index (χ0n) is 48.7. The van der Waals surface area contributed by atoms with Crippen LogP contribution in [-0.4, -0.2) is 0 Å². The predicted molar refractivity (Wildman–Crippen MR) is 368 cm³/mol. The Hall–Kier alpha value is -10.3. The van der Waals surface area contributed by atoms with E-state index in [1.165, 1.54) is 55.8 Å². The third-order valence-corrected chi connectivity index (χ3v) is 14.3. The second-order valence-corrected chi connectivity index (χ2v) is 20.7. The minimum absolute atomic E-state index is 0.497. The van der Waals surface area contributed by atoms with E-state index in [1.54, 1.807) is 0 Å². The van der Waals surface area contributed by atoms with Crippen LogP contribution in [0.15, 0.2) is 309 Å². The molecular formula is C82H74N2. The highest BCUT2D eigenvalue weighted by molar-refractivity contribution is 5.82. The van der Waals surface area contributed by atoms with Crippen molar-refractivity contribution in [1.29, 1.82) is 0 Å². The second-order valence-electron chi connectivity index (χ2n) is 20.7. The summed E-state index contributed by atoms with van der Waals surface area (Å²) in [6.07, 6.45) is 34.7. The summed E-state index contributed by atoms with van der Waals surface area (Å²) in [4.78, 5) is 4.70. The van der Waals surface area contributed by atoms with Crippen molar-refractivity contribution in [2.75, 3.05) is 9.80 Å². The lowest BCUT2D eigenvalue weighted by molar-refractivity contribution is 0.866. The molecule has 0 radical (unpaired) electrons. The van der Waals surface area contributed by atoms with Crippen molar-refractivity contribution in [3.63, 3.8) is 0 Å². The quantitative estimate of drug-likeness (QED) is 0.0702. The van der Waals surface area contributed by atoms with Crippen molar-refractivity contribution >= 4 is 82.7 Å².